The quantitative estimate of drug-likeness (QED) is 0.806. The molecule has 0 bridgehead atoms. The Labute approximate surface area is 105 Å². The van der Waals surface area contributed by atoms with Gasteiger partial charge in [0.25, 0.3) is 0 Å². The van der Waals surface area contributed by atoms with Gasteiger partial charge in [0.05, 0.1) is 23.6 Å². The maximum Gasteiger partial charge on any atom is 0.138 e. The molecule has 2 atom stereocenters. The number of benzene rings is 1. The summed E-state index contributed by atoms with van der Waals surface area (Å²) < 4.78 is 5.08. The summed E-state index contributed by atoms with van der Waals surface area (Å²) in [4.78, 5) is 0. The molecule has 2 unspecified atom stereocenters. The van der Waals surface area contributed by atoms with E-state index in [1.54, 1.807) is 6.07 Å². The highest BCUT2D eigenvalue weighted by Crippen LogP contribution is 2.56. The first-order valence-electron chi connectivity index (χ1n) is 5.00. The fraction of sp³-hybridized carbons (Fsp3) is 0.417. The third kappa shape index (κ3) is 1.47. The van der Waals surface area contributed by atoms with Gasteiger partial charge in [0.1, 0.15) is 10.8 Å². The van der Waals surface area contributed by atoms with Crippen LogP contribution >= 0.6 is 23.2 Å². The van der Waals surface area contributed by atoms with Crippen LogP contribution < -0.4 is 4.74 Å². The monoisotopic (exact) mass is 255 g/mol. The summed E-state index contributed by atoms with van der Waals surface area (Å²) in [6, 6.07) is 5.93. The average Bonchev–Trinajstić information content (AvgIpc) is 2.94. The number of nitriles is 1. The van der Waals surface area contributed by atoms with Gasteiger partial charge in [-0.3, -0.25) is 0 Å². The first-order valence-corrected chi connectivity index (χ1v) is 5.76. The predicted molar refractivity (Wildman–Crippen MR) is 64.1 cm³/mol. The molecule has 0 radical (unpaired) electrons. The Morgan fingerprint density at radius 3 is 2.50 bits per heavy atom. The number of nitrogens with zero attached hydrogens (tertiary/aromatic N) is 1. The molecule has 2 rings (SSSR count). The van der Waals surface area contributed by atoms with E-state index in [2.05, 4.69) is 6.07 Å². The number of hydrogen-bond donors (Lipinski definition) is 0. The number of ether oxygens (including phenoxy) is 1. The van der Waals surface area contributed by atoms with Crippen molar-refractivity contribution in [2.75, 3.05) is 7.11 Å². The molecule has 84 valence electrons. The molecule has 0 saturated heterocycles. The molecule has 0 aliphatic heterocycles. The lowest BCUT2D eigenvalue weighted by molar-refractivity contribution is 0.415. The molecule has 4 heteroatoms. The standard InChI is InChI=1S/C12H11Cl2NO/c1-7-5-12(7,6-15)8-3-4-9(16-2)11(14)10(8)13/h3-4,7H,5H2,1-2H3. The van der Waals surface area contributed by atoms with Crippen LogP contribution in [0.15, 0.2) is 12.1 Å². The minimum Gasteiger partial charge on any atom is -0.495 e. The van der Waals surface area contributed by atoms with Crippen molar-refractivity contribution in [3.05, 3.63) is 27.7 Å². The highest BCUT2D eigenvalue weighted by atomic mass is 35.5. The van der Waals surface area contributed by atoms with Crippen LogP contribution in [0.4, 0.5) is 0 Å². The van der Waals surface area contributed by atoms with Crippen molar-refractivity contribution in [3.8, 4) is 11.8 Å². The summed E-state index contributed by atoms with van der Waals surface area (Å²) >= 11 is 12.3. The van der Waals surface area contributed by atoms with Crippen LogP contribution in [0.1, 0.15) is 18.9 Å². The van der Waals surface area contributed by atoms with E-state index in [1.165, 1.54) is 7.11 Å². The lowest BCUT2D eigenvalue weighted by Crippen LogP contribution is -2.07. The molecule has 1 aliphatic carbocycles. The zero-order valence-corrected chi connectivity index (χ0v) is 10.6. The van der Waals surface area contributed by atoms with Crippen LogP contribution in [0.3, 0.4) is 0 Å². The Balaban J connectivity index is 2.53. The van der Waals surface area contributed by atoms with Gasteiger partial charge in [0.2, 0.25) is 0 Å². The van der Waals surface area contributed by atoms with Crippen molar-refractivity contribution >= 4 is 23.2 Å². The maximum atomic E-state index is 9.24. The molecule has 1 saturated carbocycles. The molecule has 0 spiro atoms. The van der Waals surface area contributed by atoms with Crippen LogP contribution in [-0.4, -0.2) is 7.11 Å². The normalized spacial score (nSPS) is 27.3. The van der Waals surface area contributed by atoms with Crippen molar-refractivity contribution in [2.24, 2.45) is 5.92 Å². The number of halogens is 2. The summed E-state index contributed by atoms with van der Waals surface area (Å²) in [5.41, 5.74) is 0.363. The van der Waals surface area contributed by atoms with E-state index in [0.717, 1.165) is 12.0 Å². The number of methoxy groups -OCH3 is 1. The highest BCUT2D eigenvalue weighted by molar-refractivity contribution is 6.43. The van der Waals surface area contributed by atoms with Gasteiger partial charge < -0.3 is 4.74 Å². The Bertz CT molecular complexity index is 481. The van der Waals surface area contributed by atoms with Crippen molar-refractivity contribution in [1.29, 1.82) is 5.26 Å². The van der Waals surface area contributed by atoms with Crippen molar-refractivity contribution < 1.29 is 4.74 Å². The zero-order valence-electron chi connectivity index (χ0n) is 9.05. The smallest absolute Gasteiger partial charge is 0.138 e. The van der Waals surface area contributed by atoms with Gasteiger partial charge in [-0.05, 0) is 24.0 Å². The molecular weight excluding hydrogens is 245 g/mol. The van der Waals surface area contributed by atoms with Crippen molar-refractivity contribution in [3.63, 3.8) is 0 Å². The van der Waals surface area contributed by atoms with E-state index in [0.29, 0.717) is 21.7 Å². The number of rotatable bonds is 2. The van der Waals surface area contributed by atoms with Crippen LogP contribution in [0.5, 0.6) is 5.75 Å². The molecule has 0 heterocycles. The molecule has 1 aliphatic rings. The summed E-state index contributed by atoms with van der Waals surface area (Å²) in [5.74, 6) is 0.872. The Morgan fingerprint density at radius 2 is 2.06 bits per heavy atom. The second-order valence-corrected chi connectivity index (χ2v) is 4.89. The fourth-order valence-electron chi connectivity index (χ4n) is 2.05. The summed E-state index contributed by atoms with van der Waals surface area (Å²) in [7, 11) is 1.54. The molecule has 2 nitrogen and oxygen atoms in total. The van der Waals surface area contributed by atoms with Crippen LogP contribution in [-0.2, 0) is 5.41 Å². The summed E-state index contributed by atoms with van der Waals surface area (Å²) in [5, 5.41) is 10.1. The van der Waals surface area contributed by atoms with Crippen LogP contribution in [0.25, 0.3) is 0 Å². The van der Waals surface area contributed by atoms with E-state index >= 15 is 0 Å². The van der Waals surface area contributed by atoms with E-state index in [9.17, 15) is 5.26 Å². The van der Waals surface area contributed by atoms with Gasteiger partial charge in [0.15, 0.2) is 0 Å². The van der Waals surface area contributed by atoms with E-state index in [-0.39, 0.29) is 0 Å². The van der Waals surface area contributed by atoms with Crippen LogP contribution in [0, 0.1) is 17.2 Å². The molecule has 1 aromatic rings. The van der Waals surface area contributed by atoms with Gasteiger partial charge in [-0.2, -0.15) is 5.26 Å². The molecule has 16 heavy (non-hydrogen) atoms. The first-order chi connectivity index (χ1) is 7.56. The highest BCUT2D eigenvalue weighted by Gasteiger charge is 2.54. The van der Waals surface area contributed by atoms with E-state index < -0.39 is 5.41 Å². The Morgan fingerprint density at radius 1 is 1.44 bits per heavy atom. The third-order valence-electron chi connectivity index (χ3n) is 3.26. The Kier molecular flexibility index (Phi) is 2.77. The third-order valence-corrected chi connectivity index (χ3v) is 4.12. The molecular formula is C12H11Cl2NO. The lowest BCUT2D eigenvalue weighted by Gasteiger charge is -2.13. The molecule has 1 aromatic carbocycles. The lowest BCUT2D eigenvalue weighted by atomic mass is 9.95. The maximum absolute atomic E-state index is 9.24. The summed E-state index contributed by atoms with van der Waals surface area (Å²) in [6.07, 6.45) is 0.839. The largest absolute Gasteiger partial charge is 0.495 e. The minimum atomic E-state index is -0.451. The van der Waals surface area contributed by atoms with Crippen molar-refractivity contribution in [1.82, 2.24) is 0 Å². The van der Waals surface area contributed by atoms with E-state index in [4.69, 9.17) is 27.9 Å². The topological polar surface area (TPSA) is 33.0 Å². The molecule has 0 amide bonds. The second-order valence-electron chi connectivity index (χ2n) is 4.13. The van der Waals surface area contributed by atoms with Gasteiger partial charge >= 0.3 is 0 Å². The first kappa shape index (κ1) is 11.6. The fourth-order valence-corrected chi connectivity index (χ4v) is 2.62. The summed E-state index contributed by atoms with van der Waals surface area (Å²) in [6.45, 7) is 2.04. The van der Waals surface area contributed by atoms with Gasteiger partial charge in [-0.25, -0.2) is 0 Å². The molecule has 1 fully saturated rings. The second kappa shape index (κ2) is 3.84. The van der Waals surface area contributed by atoms with Crippen LogP contribution in [0.2, 0.25) is 10.0 Å². The molecule has 0 N–H and O–H groups in total. The van der Waals surface area contributed by atoms with Gasteiger partial charge in [0, 0.05) is 0 Å². The predicted octanol–water partition coefficient (Wildman–Crippen LogP) is 3.80. The van der Waals surface area contributed by atoms with Gasteiger partial charge in [-0.1, -0.05) is 36.2 Å². The zero-order chi connectivity index (χ0) is 11.9. The average molecular weight is 256 g/mol. The van der Waals surface area contributed by atoms with Crippen molar-refractivity contribution in [2.45, 2.75) is 18.8 Å². The van der Waals surface area contributed by atoms with E-state index in [1.807, 2.05) is 13.0 Å². The minimum absolute atomic E-state index is 0.333. The SMILES string of the molecule is COc1ccc(C2(C#N)CC2C)c(Cl)c1Cl. The van der Waals surface area contributed by atoms with Gasteiger partial charge in [-0.15, -0.1) is 0 Å². The number of hydrogen-bond acceptors (Lipinski definition) is 2. The Hall–Kier alpha value is -0.910. The molecule has 0 aromatic heterocycles.